The number of benzene rings is 5. The maximum Gasteiger partial charge on any atom is 0.326 e. The van der Waals surface area contributed by atoms with Crippen LogP contribution in [0.1, 0.15) is 53.1 Å². The first kappa shape index (κ1) is 64.5. The molecule has 89 heavy (non-hydrogen) atoms. The molecule has 9 rings (SSSR count). The van der Waals surface area contributed by atoms with Crippen molar-refractivity contribution in [2.75, 3.05) is 116 Å². The molecule has 0 bridgehead atoms. The number of methoxy groups -OCH3 is 2. The summed E-state index contributed by atoms with van der Waals surface area (Å²) >= 11 is 12.7. The highest BCUT2D eigenvalue weighted by atomic mass is 35.5. The first-order valence-electron chi connectivity index (χ1n) is 28.6. The predicted octanol–water partition coefficient (Wildman–Crippen LogP) is 8.75. The fraction of sp³-hybridized carbons (Fsp3) is 0.339. The Hall–Kier alpha value is -8.98. The summed E-state index contributed by atoms with van der Waals surface area (Å²) in [6.45, 7) is 6.65. The number of nitrogens with zero attached hydrogens (tertiary/aromatic N) is 9. The van der Waals surface area contributed by atoms with Crippen LogP contribution in [-0.4, -0.2) is 175 Å². The van der Waals surface area contributed by atoms with E-state index in [1.807, 2.05) is 44.2 Å². The summed E-state index contributed by atoms with van der Waals surface area (Å²) in [6, 6.07) is 32.0. The van der Waals surface area contributed by atoms with Crippen molar-refractivity contribution in [2.24, 2.45) is 4.99 Å². The maximum atomic E-state index is 15.1. The average molecular weight is 1260 g/mol. The number of aromatic nitrogens is 5. The van der Waals surface area contributed by atoms with E-state index in [0.29, 0.717) is 88.7 Å². The molecule has 7 aromatic rings. The lowest BCUT2D eigenvalue weighted by atomic mass is 9.93. The van der Waals surface area contributed by atoms with Gasteiger partial charge in [0.05, 0.1) is 96.6 Å². The molecule has 1 saturated heterocycles. The molecule has 2 aromatic heterocycles. The molecule has 2 unspecified atom stereocenters. The number of hydrogen-bond donors (Lipinski definition) is 4. The highest BCUT2D eigenvalue weighted by Crippen LogP contribution is 2.46. The van der Waals surface area contributed by atoms with Gasteiger partial charge in [0, 0.05) is 59.9 Å². The molecule has 2 aliphatic heterocycles. The number of amidine groups is 1. The van der Waals surface area contributed by atoms with Gasteiger partial charge in [-0.25, -0.2) is 18.9 Å². The van der Waals surface area contributed by atoms with Crippen LogP contribution in [0.3, 0.4) is 0 Å². The van der Waals surface area contributed by atoms with Crippen LogP contribution in [-0.2, 0) is 35.1 Å². The molecule has 4 heterocycles. The molecule has 27 heteroatoms. The minimum absolute atomic E-state index is 0.0779. The highest BCUT2D eigenvalue weighted by molar-refractivity contribution is 6.30. The number of aliphatic imine (C=N–C) groups is 1. The first-order valence-corrected chi connectivity index (χ1v) is 29.4. The number of halogens is 3. The van der Waals surface area contributed by atoms with E-state index in [9.17, 15) is 18.8 Å². The zero-order chi connectivity index (χ0) is 62.7. The predicted molar refractivity (Wildman–Crippen MR) is 331 cm³/mol. The number of amides is 5. The van der Waals surface area contributed by atoms with Gasteiger partial charge in [0.25, 0.3) is 5.91 Å². The van der Waals surface area contributed by atoms with E-state index in [4.69, 9.17) is 61.4 Å². The number of nitrogens with one attached hydrogen (secondary N) is 4. The van der Waals surface area contributed by atoms with Crippen molar-refractivity contribution in [1.82, 2.24) is 45.0 Å². The molecule has 0 aliphatic carbocycles. The van der Waals surface area contributed by atoms with Gasteiger partial charge in [-0.05, 0) is 104 Å². The Labute approximate surface area is 523 Å². The largest absolute Gasteiger partial charge is 0.497 e. The quantitative estimate of drug-likeness (QED) is 0.0307. The summed E-state index contributed by atoms with van der Waals surface area (Å²) < 4.78 is 55.7. The SMILES string of the molecule is COCCOc1ccc(Nc2ncc(F)c(Nc3cccc(NC(=O)c4cn(CCOCCOCCOCCNC(=O)CN5CCN(C(=O)N6C(c7ccc(OC)cc7OC(C)C)=NC(c7ccc(Cl)cc7)C6c6ccc(Cl)cc6)CC5=O)nn4)c3)n2)cc1. The van der Waals surface area contributed by atoms with Gasteiger partial charge in [-0.1, -0.05) is 58.7 Å². The average Bonchev–Trinajstić information content (AvgIpc) is 1.63. The molecule has 2 aliphatic rings. The zero-order valence-corrected chi connectivity index (χ0v) is 50.9. The lowest BCUT2D eigenvalue weighted by Gasteiger charge is -2.38. The number of carbonyl (C=O) groups excluding carboxylic acids is 4. The lowest BCUT2D eigenvalue weighted by molar-refractivity contribution is -0.139. The van der Waals surface area contributed by atoms with Gasteiger partial charge in [-0.3, -0.25) is 24.3 Å². The number of hydrogen-bond acceptors (Lipinski definition) is 18. The minimum Gasteiger partial charge on any atom is -0.497 e. The Morgan fingerprint density at radius 2 is 1.45 bits per heavy atom. The fourth-order valence-electron chi connectivity index (χ4n) is 9.44. The van der Waals surface area contributed by atoms with Crippen LogP contribution < -0.4 is 35.5 Å². The number of carbonyl (C=O) groups is 4. The van der Waals surface area contributed by atoms with Crippen molar-refractivity contribution >= 4 is 81.6 Å². The van der Waals surface area contributed by atoms with E-state index in [1.54, 1.807) is 104 Å². The third-order valence-electron chi connectivity index (χ3n) is 13.8. The van der Waals surface area contributed by atoms with E-state index in [1.165, 1.54) is 20.7 Å². The Morgan fingerprint density at radius 3 is 2.16 bits per heavy atom. The van der Waals surface area contributed by atoms with E-state index >= 15 is 4.79 Å². The van der Waals surface area contributed by atoms with Gasteiger partial charge < -0.3 is 64.2 Å². The van der Waals surface area contributed by atoms with Crippen LogP contribution in [0.15, 0.2) is 133 Å². The number of anilines is 5. The normalized spacial score (nSPS) is 14.8. The van der Waals surface area contributed by atoms with Crippen molar-refractivity contribution in [3.05, 3.63) is 166 Å². The topological polar surface area (TPSA) is 260 Å². The summed E-state index contributed by atoms with van der Waals surface area (Å²) in [6.07, 6.45) is 2.32. The zero-order valence-electron chi connectivity index (χ0n) is 49.4. The van der Waals surface area contributed by atoms with Gasteiger partial charge in [0.15, 0.2) is 17.3 Å². The van der Waals surface area contributed by atoms with E-state index in [-0.39, 0.29) is 88.6 Å². The van der Waals surface area contributed by atoms with Gasteiger partial charge in [0.2, 0.25) is 17.8 Å². The van der Waals surface area contributed by atoms with Crippen molar-refractivity contribution in [3.8, 4) is 17.2 Å². The van der Waals surface area contributed by atoms with Gasteiger partial charge in [-0.2, -0.15) is 4.98 Å². The Balaban J connectivity index is 0.659. The van der Waals surface area contributed by atoms with Crippen LogP contribution in [0, 0.1) is 5.82 Å². The van der Waals surface area contributed by atoms with Crippen molar-refractivity contribution in [2.45, 2.75) is 38.6 Å². The maximum absolute atomic E-state index is 15.1. The van der Waals surface area contributed by atoms with Crippen LogP contribution >= 0.6 is 23.2 Å². The second kappa shape index (κ2) is 31.8. The second-order valence-electron chi connectivity index (χ2n) is 20.5. The minimum atomic E-state index is -0.679. The highest BCUT2D eigenvalue weighted by Gasteiger charge is 2.46. The lowest BCUT2D eigenvalue weighted by Crippen LogP contribution is -2.57. The Morgan fingerprint density at radius 1 is 0.753 bits per heavy atom. The Bertz CT molecular complexity index is 3550. The van der Waals surface area contributed by atoms with Crippen molar-refractivity contribution in [1.29, 1.82) is 0 Å². The molecule has 468 valence electrons. The van der Waals surface area contributed by atoms with Crippen LogP contribution in [0.2, 0.25) is 10.0 Å². The van der Waals surface area contributed by atoms with Crippen molar-refractivity contribution in [3.63, 3.8) is 0 Å². The summed E-state index contributed by atoms with van der Waals surface area (Å²) in [5, 5.41) is 20.6. The van der Waals surface area contributed by atoms with Gasteiger partial charge in [-0.15, -0.1) is 5.10 Å². The van der Waals surface area contributed by atoms with Gasteiger partial charge >= 0.3 is 6.03 Å². The second-order valence-corrected chi connectivity index (χ2v) is 21.3. The molecule has 5 amide bonds. The smallest absolute Gasteiger partial charge is 0.326 e. The molecule has 24 nitrogen and oxygen atoms in total. The fourth-order valence-corrected chi connectivity index (χ4v) is 9.70. The summed E-state index contributed by atoms with van der Waals surface area (Å²) in [5.41, 5.74) is 3.74. The van der Waals surface area contributed by atoms with E-state index in [2.05, 4.69) is 41.5 Å². The molecular weight excluding hydrogens is 1190 g/mol. The summed E-state index contributed by atoms with van der Waals surface area (Å²) in [7, 11) is 3.16. The van der Waals surface area contributed by atoms with Crippen molar-refractivity contribution < 1.29 is 56.7 Å². The third kappa shape index (κ3) is 18.1. The van der Waals surface area contributed by atoms with Crippen LogP contribution in [0.25, 0.3) is 0 Å². The number of rotatable bonds is 30. The molecule has 4 N–H and O–H groups in total. The van der Waals surface area contributed by atoms with Gasteiger partial charge in [0.1, 0.15) is 42.3 Å². The number of urea groups is 1. The number of ether oxygens (including phenoxy) is 7. The molecule has 0 saturated carbocycles. The monoisotopic (exact) mass is 1260 g/mol. The van der Waals surface area contributed by atoms with Crippen LogP contribution in [0.5, 0.6) is 17.2 Å². The first-order chi connectivity index (χ1) is 43.2. The van der Waals surface area contributed by atoms with E-state index < -0.39 is 35.7 Å². The number of piperazine rings is 1. The summed E-state index contributed by atoms with van der Waals surface area (Å²) in [4.78, 5) is 73.0. The molecule has 5 aromatic carbocycles. The Kier molecular flexibility index (Phi) is 23.0. The molecule has 1 fully saturated rings. The molecule has 0 spiro atoms. The van der Waals surface area contributed by atoms with E-state index in [0.717, 1.165) is 17.3 Å². The van der Waals surface area contributed by atoms with Crippen LogP contribution in [0.4, 0.5) is 38.0 Å². The molecular formula is C62H68Cl2FN13O11. The third-order valence-corrected chi connectivity index (χ3v) is 14.3. The molecule has 2 atom stereocenters. The standard InChI is InChI=1S/C62H68Cl2FN13O11/c1-40(2)89-53-35-49(84-4)20-21-50(53)59-71-56(41-8-12-43(63)13-9-41)57(42-10-14-44(64)15-11-42)78(59)62(82)76-24-23-75(55(80)39-76)38-54(79)66-22-26-85-29-31-87-32-30-86-27-25-77-37-52(73-74-77)60(81)69-47-7-5-6-46(34-47)68-58-51(65)36-67-61(72-58)70-45-16-18-48(19-17-45)88-33-28-83-3/h5-21,34-37,40,56-57H,22-33,38-39H2,1-4H3,(H,66,79)(H,69,81)(H2,67,68,70,72). The molecule has 0 radical (unpaired) electrons. The summed E-state index contributed by atoms with van der Waals surface area (Å²) in [5.74, 6) is 0.164.